The molecule has 1 aromatic carbocycles. The van der Waals surface area contributed by atoms with E-state index < -0.39 is 25.6 Å². The highest BCUT2D eigenvalue weighted by atomic mass is 31.2. The van der Waals surface area contributed by atoms with Gasteiger partial charge in [0.05, 0.1) is 0 Å². The number of hydrogen-bond acceptors (Lipinski definition) is 4. The van der Waals surface area contributed by atoms with E-state index in [1.807, 2.05) is 6.92 Å². The average molecular weight is 345 g/mol. The van der Waals surface area contributed by atoms with Gasteiger partial charge in [0.25, 0.3) is 0 Å². The normalized spacial score (nSPS) is 13.3. The first kappa shape index (κ1) is 19.5. The van der Waals surface area contributed by atoms with E-state index in [4.69, 9.17) is 19.3 Å². The number of carbonyl (C=O) groups is 1. The van der Waals surface area contributed by atoms with Crippen LogP contribution in [-0.2, 0) is 15.7 Å². The first-order chi connectivity index (χ1) is 10.4. The summed E-state index contributed by atoms with van der Waals surface area (Å²) in [5.41, 5.74) is 0.416. The van der Waals surface area contributed by atoms with E-state index in [-0.39, 0.29) is 6.04 Å². The Bertz CT molecular complexity index is 560. The molecule has 130 valence electrons. The molecule has 8 heteroatoms. The highest BCUT2D eigenvalue weighted by Crippen LogP contribution is 2.34. The fraction of sp³-hybridized carbons (Fsp3) is 0.533. The van der Waals surface area contributed by atoms with Crippen LogP contribution in [0.25, 0.3) is 0 Å². The van der Waals surface area contributed by atoms with Gasteiger partial charge in [0, 0.05) is 6.04 Å². The molecule has 0 fully saturated rings. The van der Waals surface area contributed by atoms with Gasteiger partial charge in [0.1, 0.15) is 11.4 Å². The summed E-state index contributed by atoms with van der Waals surface area (Å²) in [5.74, 6) is 0.379. The zero-order valence-electron chi connectivity index (χ0n) is 13.8. The molecule has 0 aliphatic rings. The second-order valence-corrected chi connectivity index (χ2v) is 7.92. The summed E-state index contributed by atoms with van der Waals surface area (Å²) < 4.78 is 20.9. The molecular weight excluding hydrogens is 321 g/mol. The number of rotatable bonds is 6. The van der Waals surface area contributed by atoms with Crippen LogP contribution < -0.4 is 10.1 Å². The molecule has 1 atom stereocenters. The van der Waals surface area contributed by atoms with Crippen molar-refractivity contribution in [3.05, 3.63) is 29.8 Å². The fourth-order valence-corrected chi connectivity index (χ4v) is 2.11. The van der Waals surface area contributed by atoms with E-state index in [0.717, 1.165) is 5.56 Å². The summed E-state index contributed by atoms with van der Waals surface area (Å²) in [7, 11) is -4.18. The van der Waals surface area contributed by atoms with Gasteiger partial charge in [-0.1, -0.05) is 12.1 Å². The minimum absolute atomic E-state index is 0.119. The summed E-state index contributed by atoms with van der Waals surface area (Å²) >= 11 is 0. The molecule has 0 saturated heterocycles. The number of carbonyl (C=O) groups excluding carboxylic acids is 1. The third kappa shape index (κ3) is 9.23. The van der Waals surface area contributed by atoms with E-state index in [1.54, 1.807) is 45.0 Å². The molecule has 1 unspecified atom stereocenters. The van der Waals surface area contributed by atoms with Crippen molar-refractivity contribution in [2.45, 2.75) is 45.8 Å². The lowest BCUT2D eigenvalue weighted by Gasteiger charge is -2.22. The zero-order chi connectivity index (χ0) is 17.7. The Kier molecular flexibility index (Phi) is 6.62. The summed E-state index contributed by atoms with van der Waals surface area (Å²) in [4.78, 5) is 29.2. The Labute approximate surface area is 136 Å². The topological polar surface area (TPSA) is 105 Å². The van der Waals surface area contributed by atoms with E-state index >= 15 is 0 Å². The van der Waals surface area contributed by atoms with Gasteiger partial charge >= 0.3 is 13.7 Å². The maximum Gasteiger partial charge on any atom is 0.407 e. The first-order valence-electron chi connectivity index (χ1n) is 7.20. The van der Waals surface area contributed by atoms with Crippen molar-refractivity contribution in [2.24, 2.45) is 0 Å². The lowest BCUT2D eigenvalue weighted by molar-refractivity contribution is 0.0508. The predicted molar refractivity (Wildman–Crippen MR) is 86.5 cm³/mol. The van der Waals surface area contributed by atoms with Crippen molar-refractivity contribution >= 4 is 13.7 Å². The first-order valence-corrected chi connectivity index (χ1v) is 9.00. The van der Waals surface area contributed by atoms with Crippen molar-refractivity contribution in [3.63, 3.8) is 0 Å². The minimum Gasteiger partial charge on any atom is -0.481 e. The van der Waals surface area contributed by atoms with E-state index in [0.29, 0.717) is 12.2 Å². The lowest BCUT2D eigenvalue weighted by atomic mass is 10.1. The number of nitrogens with one attached hydrogen (secondary N) is 1. The van der Waals surface area contributed by atoms with Gasteiger partial charge in [0.2, 0.25) is 0 Å². The molecule has 0 aliphatic heterocycles. The van der Waals surface area contributed by atoms with Crippen LogP contribution in [0.2, 0.25) is 0 Å². The van der Waals surface area contributed by atoms with Gasteiger partial charge < -0.3 is 24.6 Å². The van der Waals surface area contributed by atoms with Gasteiger partial charge in [-0.3, -0.25) is 4.57 Å². The number of hydrogen-bond donors (Lipinski definition) is 3. The Hall–Kier alpha value is -1.56. The highest BCUT2D eigenvalue weighted by molar-refractivity contribution is 7.51. The molecule has 23 heavy (non-hydrogen) atoms. The number of alkyl carbamates (subject to hydrolysis) is 1. The molecule has 7 nitrogen and oxygen atoms in total. The Morgan fingerprint density at radius 2 is 1.83 bits per heavy atom. The predicted octanol–water partition coefficient (Wildman–Crippen LogP) is 2.66. The SMILES string of the molecule is CC(Cc1ccc(OCP(=O)(O)O)cc1)NC(=O)OC(C)(C)C. The van der Waals surface area contributed by atoms with Crippen LogP contribution in [-0.4, -0.2) is 33.9 Å². The van der Waals surface area contributed by atoms with Crippen LogP contribution >= 0.6 is 7.60 Å². The molecule has 1 amide bonds. The van der Waals surface area contributed by atoms with E-state index in [1.165, 1.54) is 0 Å². The number of amides is 1. The molecule has 0 spiro atoms. The second kappa shape index (κ2) is 7.81. The van der Waals surface area contributed by atoms with Gasteiger partial charge in [-0.05, 0) is 51.8 Å². The summed E-state index contributed by atoms with van der Waals surface area (Å²) in [6.45, 7) is 7.26. The second-order valence-electron chi connectivity index (χ2n) is 6.33. The molecule has 1 aromatic rings. The van der Waals surface area contributed by atoms with Crippen LogP contribution in [0.4, 0.5) is 4.79 Å². The molecule has 0 heterocycles. The maximum absolute atomic E-state index is 11.7. The molecule has 0 aromatic heterocycles. The third-order valence-electron chi connectivity index (χ3n) is 2.63. The third-order valence-corrected chi connectivity index (χ3v) is 3.09. The lowest BCUT2D eigenvalue weighted by Crippen LogP contribution is -2.38. The van der Waals surface area contributed by atoms with E-state index in [9.17, 15) is 9.36 Å². The van der Waals surface area contributed by atoms with Crippen molar-refractivity contribution in [1.29, 1.82) is 0 Å². The quantitative estimate of drug-likeness (QED) is 0.685. The monoisotopic (exact) mass is 345 g/mol. The Morgan fingerprint density at radius 1 is 1.26 bits per heavy atom. The fourth-order valence-electron chi connectivity index (χ4n) is 1.79. The van der Waals surface area contributed by atoms with Crippen molar-refractivity contribution in [1.82, 2.24) is 5.32 Å². The minimum atomic E-state index is -4.18. The average Bonchev–Trinajstić information content (AvgIpc) is 2.34. The number of benzene rings is 1. The molecule has 3 N–H and O–H groups in total. The molecular formula is C15H24NO6P. The molecule has 0 saturated carbocycles. The largest absolute Gasteiger partial charge is 0.481 e. The standard InChI is InChI=1S/C15H24NO6P/c1-11(16-14(17)22-15(2,3)4)9-12-5-7-13(8-6-12)21-10-23(18,19)20/h5-8,11H,9-10H2,1-4H3,(H,16,17)(H2,18,19,20). The molecule has 0 bridgehead atoms. The van der Waals surface area contributed by atoms with Gasteiger partial charge in [-0.2, -0.15) is 0 Å². The van der Waals surface area contributed by atoms with Gasteiger partial charge in [0.15, 0.2) is 6.35 Å². The van der Waals surface area contributed by atoms with E-state index in [2.05, 4.69) is 5.32 Å². The van der Waals surface area contributed by atoms with Crippen LogP contribution in [0, 0.1) is 0 Å². The Morgan fingerprint density at radius 3 is 2.30 bits per heavy atom. The number of ether oxygens (including phenoxy) is 2. The van der Waals surface area contributed by atoms with Crippen LogP contribution in [0.1, 0.15) is 33.3 Å². The van der Waals surface area contributed by atoms with Crippen molar-refractivity contribution in [3.8, 4) is 5.75 Å². The van der Waals surface area contributed by atoms with Crippen LogP contribution in [0.5, 0.6) is 5.75 Å². The highest BCUT2D eigenvalue weighted by Gasteiger charge is 2.18. The molecule has 1 rings (SSSR count). The summed E-state index contributed by atoms with van der Waals surface area (Å²) in [5, 5.41) is 2.75. The molecule has 0 radical (unpaired) electrons. The smallest absolute Gasteiger partial charge is 0.407 e. The van der Waals surface area contributed by atoms with Crippen LogP contribution in [0.3, 0.4) is 0 Å². The van der Waals surface area contributed by atoms with Crippen LogP contribution in [0.15, 0.2) is 24.3 Å². The van der Waals surface area contributed by atoms with Crippen molar-refractivity contribution < 1.29 is 28.6 Å². The molecule has 0 aliphatic carbocycles. The van der Waals surface area contributed by atoms with Gasteiger partial charge in [-0.15, -0.1) is 0 Å². The maximum atomic E-state index is 11.7. The zero-order valence-corrected chi connectivity index (χ0v) is 14.7. The summed E-state index contributed by atoms with van der Waals surface area (Å²) in [6, 6.07) is 6.70. The van der Waals surface area contributed by atoms with Crippen molar-refractivity contribution in [2.75, 3.05) is 6.35 Å². The summed E-state index contributed by atoms with van der Waals surface area (Å²) in [6.07, 6.45) is -0.521. The van der Waals surface area contributed by atoms with Gasteiger partial charge in [-0.25, -0.2) is 4.79 Å². The Balaban J connectivity index is 2.48.